The lowest BCUT2D eigenvalue weighted by atomic mass is 10.2. The van der Waals surface area contributed by atoms with Crippen molar-refractivity contribution in [1.82, 2.24) is 4.98 Å². The van der Waals surface area contributed by atoms with Gasteiger partial charge >= 0.3 is 0 Å². The Morgan fingerprint density at radius 1 is 1.44 bits per heavy atom. The average Bonchev–Trinajstić information content (AvgIpc) is 2.74. The summed E-state index contributed by atoms with van der Waals surface area (Å²) < 4.78 is 0. The van der Waals surface area contributed by atoms with Crippen LogP contribution in [0.4, 0.5) is 5.13 Å². The van der Waals surface area contributed by atoms with E-state index in [4.69, 9.17) is 11.6 Å². The summed E-state index contributed by atoms with van der Waals surface area (Å²) in [5, 5.41) is 25.0. The molecule has 1 aromatic heterocycles. The number of nitrogens with zero attached hydrogens (tertiary/aromatic N) is 1. The van der Waals surface area contributed by atoms with Gasteiger partial charge in [-0.2, -0.15) is 0 Å². The molecule has 0 aliphatic rings. The molecule has 1 unspecified atom stereocenters. The third-order valence-corrected chi connectivity index (χ3v) is 2.92. The smallest absolute Gasteiger partial charge is 0.184 e. The first-order valence-electron chi connectivity index (χ1n) is 4.49. The highest BCUT2D eigenvalue weighted by atomic mass is 35.5. The SMILES string of the molecule is Oc1ccc(Cl)cc1C(O)Nc1nccs1. The van der Waals surface area contributed by atoms with Crippen LogP contribution in [0.15, 0.2) is 29.8 Å². The molecule has 16 heavy (non-hydrogen) atoms. The molecule has 2 rings (SSSR count). The second-order valence-corrected chi connectivity index (χ2v) is 4.42. The van der Waals surface area contributed by atoms with Crippen molar-refractivity contribution < 1.29 is 10.2 Å². The summed E-state index contributed by atoms with van der Waals surface area (Å²) in [6.07, 6.45) is 0.585. The van der Waals surface area contributed by atoms with E-state index in [2.05, 4.69) is 10.3 Å². The molecule has 0 radical (unpaired) electrons. The zero-order chi connectivity index (χ0) is 11.5. The molecule has 0 aliphatic carbocycles. The van der Waals surface area contributed by atoms with Crippen molar-refractivity contribution in [2.24, 2.45) is 0 Å². The zero-order valence-electron chi connectivity index (χ0n) is 8.09. The predicted octanol–water partition coefficient (Wildman–Crippen LogP) is 2.61. The van der Waals surface area contributed by atoms with Gasteiger partial charge in [-0.15, -0.1) is 11.3 Å². The summed E-state index contributed by atoms with van der Waals surface area (Å²) in [6.45, 7) is 0. The third-order valence-electron chi connectivity index (χ3n) is 1.98. The fraction of sp³-hybridized carbons (Fsp3) is 0.100. The second-order valence-electron chi connectivity index (χ2n) is 3.09. The number of aromatic hydroxyl groups is 1. The Morgan fingerprint density at radius 2 is 2.25 bits per heavy atom. The fourth-order valence-electron chi connectivity index (χ4n) is 1.23. The lowest BCUT2D eigenvalue weighted by molar-refractivity contribution is 0.203. The van der Waals surface area contributed by atoms with Crippen molar-refractivity contribution in [3.8, 4) is 5.75 Å². The van der Waals surface area contributed by atoms with Crippen molar-refractivity contribution in [3.63, 3.8) is 0 Å². The Balaban J connectivity index is 2.20. The van der Waals surface area contributed by atoms with Crippen LogP contribution in [0.2, 0.25) is 5.02 Å². The molecule has 0 saturated carbocycles. The van der Waals surface area contributed by atoms with Crippen LogP contribution in [0.1, 0.15) is 11.8 Å². The van der Waals surface area contributed by atoms with Gasteiger partial charge in [0.05, 0.1) is 0 Å². The fourth-order valence-corrected chi connectivity index (χ4v) is 1.97. The second kappa shape index (κ2) is 4.69. The predicted molar refractivity (Wildman–Crippen MR) is 63.8 cm³/mol. The minimum atomic E-state index is -1.04. The molecule has 1 atom stereocenters. The molecule has 0 bridgehead atoms. The molecular formula is C10H9ClN2O2S. The maximum Gasteiger partial charge on any atom is 0.184 e. The molecule has 2 aromatic rings. The van der Waals surface area contributed by atoms with Crippen LogP contribution in [0, 0.1) is 0 Å². The Kier molecular flexibility index (Phi) is 3.28. The Bertz CT molecular complexity index is 476. The van der Waals surface area contributed by atoms with E-state index in [0.717, 1.165) is 0 Å². The number of anilines is 1. The summed E-state index contributed by atoms with van der Waals surface area (Å²) in [7, 11) is 0. The molecule has 0 fully saturated rings. The third kappa shape index (κ3) is 2.44. The van der Waals surface area contributed by atoms with Crippen molar-refractivity contribution in [1.29, 1.82) is 0 Å². The van der Waals surface area contributed by atoms with Gasteiger partial charge in [0.25, 0.3) is 0 Å². The Morgan fingerprint density at radius 3 is 2.94 bits per heavy atom. The van der Waals surface area contributed by atoms with Gasteiger partial charge in [0.1, 0.15) is 5.75 Å². The quantitative estimate of drug-likeness (QED) is 0.739. The summed E-state index contributed by atoms with van der Waals surface area (Å²) in [6, 6.07) is 4.49. The van der Waals surface area contributed by atoms with Crippen molar-refractivity contribution in [2.75, 3.05) is 5.32 Å². The Hall–Kier alpha value is -1.30. The largest absolute Gasteiger partial charge is 0.507 e. The molecule has 1 aromatic carbocycles. The molecule has 84 valence electrons. The minimum Gasteiger partial charge on any atom is -0.507 e. The first-order valence-corrected chi connectivity index (χ1v) is 5.75. The van der Waals surface area contributed by atoms with E-state index in [9.17, 15) is 10.2 Å². The Labute approximate surface area is 101 Å². The van der Waals surface area contributed by atoms with Gasteiger partial charge < -0.3 is 15.5 Å². The molecule has 6 heteroatoms. The van der Waals surface area contributed by atoms with Crippen LogP contribution in [-0.2, 0) is 0 Å². The average molecular weight is 257 g/mol. The van der Waals surface area contributed by atoms with Gasteiger partial charge in [-0.1, -0.05) is 11.6 Å². The summed E-state index contributed by atoms with van der Waals surface area (Å²) in [4.78, 5) is 3.97. The number of benzene rings is 1. The van der Waals surface area contributed by atoms with Crippen molar-refractivity contribution >= 4 is 28.1 Å². The summed E-state index contributed by atoms with van der Waals surface area (Å²) >= 11 is 7.14. The number of aliphatic hydroxyl groups excluding tert-OH is 1. The number of aromatic nitrogens is 1. The van der Waals surface area contributed by atoms with Crippen LogP contribution >= 0.6 is 22.9 Å². The maximum atomic E-state index is 9.83. The monoisotopic (exact) mass is 256 g/mol. The van der Waals surface area contributed by atoms with E-state index in [1.165, 1.54) is 23.5 Å². The molecule has 0 aliphatic heterocycles. The summed E-state index contributed by atoms with van der Waals surface area (Å²) in [5.41, 5.74) is 0.322. The molecule has 0 saturated heterocycles. The van der Waals surface area contributed by atoms with Crippen molar-refractivity contribution in [2.45, 2.75) is 6.23 Å². The maximum absolute atomic E-state index is 9.83. The molecular weight excluding hydrogens is 248 g/mol. The van der Waals surface area contributed by atoms with Crippen LogP contribution in [-0.4, -0.2) is 15.2 Å². The van der Waals surface area contributed by atoms with E-state index in [0.29, 0.717) is 15.7 Å². The molecule has 0 spiro atoms. The number of rotatable bonds is 3. The number of nitrogens with one attached hydrogen (secondary N) is 1. The van der Waals surface area contributed by atoms with E-state index < -0.39 is 6.23 Å². The number of aliphatic hydroxyl groups is 1. The number of thiazole rings is 1. The lowest BCUT2D eigenvalue weighted by Gasteiger charge is -2.13. The molecule has 1 heterocycles. The van der Waals surface area contributed by atoms with E-state index >= 15 is 0 Å². The number of phenols is 1. The number of hydrogen-bond donors (Lipinski definition) is 3. The van der Waals surface area contributed by atoms with Gasteiger partial charge in [-0.25, -0.2) is 4.98 Å². The van der Waals surface area contributed by atoms with Crippen LogP contribution in [0.5, 0.6) is 5.75 Å². The van der Waals surface area contributed by atoms with Crippen LogP contribution in [0.25, 0.3) is 0 Å². The standard InChI is InChI=1S/C10H9ClN2O2S/c11-6-1-2-8(14)7(5-6)9(15)13-10-12-3-4-16-10/h1-5,9,14-15H,(H,12,13). The minimum absolute atomic E-state index is 0.0130. The van der Waals surface area contributed by atoms with Crippen molar-refractivity contribution in [3.05, 3.63) is 40.4 Å². The number of phenolic OH excluding ortho intramolecular Hbond substituents is 1. The van der Waals surface area contributed by atoms with E-state index in [1.807, 2.05) is 0 Å². The van der Waals surface area contributed by atoms with Gasteiger partial charge in [0, 0.05) is 22.2 Å². The molecule has 0 amide bonds. The number of halogens is 1. The highest BCUT2D eigenvalue weighted by Crippen LogP contribution is 2.28. The highest BCUT2D eigenvalue weighted by molar-refractivity contribution is 7.13. The normalized spacial score (nSPS) is 12.4. The molecule has 3 N–H and O–H groups in total. The molecule has 4 nitrogen and oxygen atoms in total. The first kappa shape index (κ1) is 11.2. The lowest BCUT2D eigenvalue weighted by Crippen LogP contribution is -2.09. The summed E-state index contributed by atoms with van der Waals surface area (Å²) in [5.74, 6) is -0.0130. The number of hydrogen-bond acceptors (Lipinski definition) is 5. The van der Waals surface area contributed by atoms with E-state index in [1.54, 1.807) is 17.6 Å². The van der Waals surface area contributed by atoms with Gasteiger partial charge in [0.2, 0.25) is 0 Å². The van der Waals surface area contributed by atoms with Crippen LogP contribution < -0.4 is 5.32 Å². The van der Waals surface area contributed by atoms with Gasteiger partial charge in [-0.3, -0.25) is 0 Å². The van der Waals surface area contributed by atoms with Crippen LogP contribution in [0.3, 0.4) is 0 Å². The topological polar surface area (TPSA) is 65.4 Å². The van der Waals surface area contributed by atoms with E-state index in [-0.39, 0.29) is 5.75 Å². The van der Waals surface area contributed by atoms with Gasteiger partial charge in [0.15, 0.2) is 11.4 Å². The highest BCUT2D eigenvalue weighted by Gasteiger charge is 2.13. The zero-order valence-corrected chi connectivity index (χ0v) is 9.66. The van der Waals surface area contributed by atoms with Gasteiger partial charge in [-0.05, 0) is 18.2 Å². The first-order chi connectivity index (χ1) is 7.66.